The van der Waals surface area contributed by atoms with Crippen LogP contribution in [0.5, 0.6) is 0 Å². The second-order valence-corrected chi connectivity index (χ2v) is 6.27. The maximum Gasteiger partial charge on any atom is 0.0739 e. The minimum Gasteiger partial charge on any atom is -0.379 e. The standard InChI is InChI=1S/C16H20BrN3/c1-11-16(17)15(20(2)19-11)10-18-14-9-5-7-12-6-3-4-8-13(12)14/h5,7,9,18H,3-4,6,8,10H2,1-2H3. The van der Waals surface area contributed by atoms with E-state index in [1.54, 1.807) is 0 Å². The molecule has 0 atom stereocenters. The summed E-state index contributed by atoms with van der Waals surface area (Å²) in [5.41, 5.74) is 6.54. The van der Waals surface area contributed by atoms with Crippen molar-refractivity contribution < 1.29 is 0 Å². The third kappa shape index (κ3) is 2.49. The first-order valence-electron chi connectivity index (χ1n) is 7.19. The number of aryl methyl sites for hydroxylation is 3. The summed E-state index contributed by atoms with van der Waals surface area (Å²) in [6.45, 7) is 2.83. The zero-order chi connectivity index (χ0) is 14.1. The van der Waals surface area contributed by atoms with Crippen LogP contribution in [0.4, 0.5) is 5.69 Å². The van der Waals surface area contributed by atoms with Gasteiger partial charge in [-0.15, -0.1) is 0 Å². The molecule has 0 spiro atoms. The second kappa shape index (κ2) is 5.60. The molecule has 0 saturated carbocycles. The molecule has 2 aromatic rings. The Hall–Kier alpha value is -1.29. The Morgan fingerprint density at radius 1 is 1.30 bits per heavy atom. The summed E-state index contributed by atoms with van der Waals surface area (Å²) in [4.78, 5) is 0. The lowest BCUT2D eigenvalue weighted by atomic mass is 9.90. The zero-order valence-corrected chi connectivity index (χ0v) is 13.6. The van der Waals surface area contributed by atoms with Crippen LogP contribution in [0.3, 0.4) is 0 Å². The van der Waals surface area contributed by atoms with Gasteiger partial charge in [-0.2, -0.15) is 5.10 Å². The van der Waals surface area contributed by atoms with Crippen LogP contribution in [0.2, 0.25) is 0 Å². The van der Waals surface area contributed by atoms with Crippen molar-refractivity contribution in [2.75, 3.05) is 5.32 Å². The highest BCUT2D eigenvalue weighted by molar-refractivity contribution is 9.10. The van der Waals surface area contributed by atoms with Crippen LogP contribution in [0.15, 0.2) is 22.7 Å². The van der Waals surface area contributed by atoms with Gasteiger partial charge in [0.05, 0.1) is 22.4 Å². The summed E-state index contributed by atoms with van der Waals surface area (Å²) in [6, 6.07) is 6.63. The van der Waals surface area contributed by atoms with E-state index in [0.29, 0.717) is 0 Å². The third-order valence-electron chi connectivity index (χ3n) is 4.10. The monoisotopic (exact) mass is 333 g/mol. The van der Waals surface area contributed by atoms with E-state index in [1.165, 1.54) is 48.2 Å². The first kappa shape index (κ1) is 13.7. The molecule has 0 bridgehead atoms. The van der Waals surface area contributed by atoms with Crippen molar-refractivity contribution in [2.24, 2.45) is 7.05 Å². The maximum atomic E-state index is 4.44. The highest BCUT2D eigenvalue weighted by Crippen LogP contribution is 2.29. The number of nitrogens with one attached hydrogen (secondary N) is 1. The quantitative estimate of drug-likeness (QED) is 0.920. The fourth-order valence-electron chi connectivity index (χ4n) is 3.00. The number of benzene rings is 1. The summed E-state index contributed by atoms with van der Waals surface area (Å²) in [7, 11) is 2.00. The van der Waals surface area contributed by atoms with Crippen molar-refractivity contribution in [3.63, 3.8) is 0 Å². The molecule has 1 N–H and O–H groups in total. The lowest BCUT2D eigenvalue weighted by Gasteiger charge is -2.20. The Morgan fingerprint density at radius 3 is 2.85 bits per heavy atom. The molecule has 20 heavy (non-hydrogen) atoms. The van der Waals surface area contributed by atoms with Crippen LogP contribution in [0, 0.1) is 6.92 Å². The summed E-state index contributed by atoms with van der Waals surface area (Å²) in [5, 5.41) is 8.03. The van der Waals surface area contributed by atoms with Crippen LogP contribution >= 0.6 is 15.9 Å². The molecular formula is C16H20BrN3. The molecule has 1 aromatic heterocycles. The van der Waals surface area contributed by atoms with E-state index in [0.717, 1.165) is 16.7 Å². The van der Waals surface area contributed by atoms with E-state index in [1.807, 2.05) is 18.7 Å². The number of anilines is 1. The molecule has 1 aliphatic rings. The second-order valence-electron chi connectivity index (χ2n) is 5.47. The third-order valence-corrected chi connectivity index (χ3v) is 5.14. The number of halogens is 1. The van der Waals surface area contributed by atoms with Gasteiger partial charge in [0.25, 0.3) is 0 Å². The van der Waals surface area contributed by atoms with Crippen LogP contribution in [0.25, 0.3) is 0 Å². The van der Waals surface area contributed by atoms with Crippen molar-refractivity contribution in [3.05, 3.63) is 45.2 Å². The highest BCUT2D eigenvalue weighted by atomic mass is 79.9. The maximum absolute atomic E-state index is 4.44. The lowest BCUT2D eigenvalue weighted by molar-refractivity contribution is 0.684. The van der Waals surface area contributed by atoms with Crippen molar-refractivity contribution in [1.82, 2.24) is 9.78 Å². The number of nitrogens with zero attached hydrogens (tertiary/aromatic N) is 2. The number of fused-ring (bicyclic) bond motifs is 1. The van der Waals surface area contributed by atoms with E-state index in [9.17, 15) is 0 Å². The van der Waals surface area contributed by atoms with Gasteiger partial charge in [0.1, 0.15) is 0 Å². The van der Waals surface area contributed by atoms with Gasteiger partial charge < -0.3 is 5.32 Å². The van der Waals surface area contributed by atoms with Gasteiger partial charge in [-0.3, -0.25) is 4.68 Å². The molecule has 3 nitrogen and oxygen atoms in total. The van der Waals surface area contributed by atoms with E-state index in [-0.39, 0.29) is 0 Å². The van der Waals surface area contributed by atoms with Gasteiger partial charge in [-0.25, -0.2) is 0 Å². The minimum atomic E-state index is 0.800. The number of hydrogen-bond donors (Lipinski definition) is 1. The minimum absolute atomic E-state index is 0.800. The Balaban J connectivity index is 1.82. The Bertz CT molecular complexity index is 631. The average Bonchev–Trinajstić information content (AvgIpc) is 2.70. The Kier molecular flexibility index (Phi) is 3.83. The molecule has 1 heterocycles. The first-order chi connectivity index (χ1) is 9.66. The molecule has 0 saturated heterocycles. The van der Waals surface area contributed by atoms with Gasteiger partial charge in [0.2, 0.25) is 0 Å². The molecule has 0 fully saturated rings. The van der Waals surface area contributed by atoms with E-state index in [2.05, 4.69) is 44.5 Å². The van der Waals surface area contributed by atoms with E-state index in [4.69, 9.17) is 0 Å². The van der Waals surface area contributed by atoms with Gasteiger partial charge in [-0.05, 0) is 65.7 Å². The first-order valence-corrected chi connectivity index (χ1v) is 7.98. The van der Waals surface area contributed by atoms with Crippen molar-refractivity contribution in [1.29, 1.82) is 0 Å². The van der Waals surface area contributed by atoms with E-state index >= 15 is 0 Å². The normalized spacial score (nSPS) is 14.2. The van der Waals surface area contributed by atoms with Crippen molar-refractivity contribution in [3.8, 4) is 0 Å². The Labute approximate surface area is 128 Å². The molecule has 3 rings (SSSR count). The fraction of sp³-hybridized carbons (Fsp3) is 0.438. The SMILES string of the molecule is Cc1nn(C)c(CNc2cccc3c2CCCC3)c1Br. The lowest BCUT2D eigenvalue weighted by Crippen LogP contribution is -2.10. The molecule has 106 valence electrons. The van der Waals surface area contributed by atoms with Gasteiger partial charge >= 0.3 is 0 Å². The van der Waals surface area contributed by atoms with Gasteiger partial charge in [0, 0.05) is 12.7 Å². The fourth-order valence-corrected chi connectivity index (χ4v) is 3.47. The molecular weight excluding hydrogens is 314 g/mol. The van der Waals surface area contributed by atoms with Crippen LogP contribution in [0.1, 0.15) is 35.4 Å². The van der Waals surface area contributed by atoms with Gasteiger partial charge in [-0.1, -0.05) is 12.1 Å². The molecule has 1 aromatic carbocycles. The zero-order valence-electron chi connectivity index (χ0n) is 12.0. The summed E-state index contributed by atoms with van der Waals surface area (Å²) in [6.07, 6.45) is 5.05. The summed E-state index contributed by atoms with van der Waals surface area (Å²) < 4.78 is 3.05. The number of hydrogen-bond acceptors (Lipinski definition) is 2. The van der Waals surface area contributed by atoms with Crippen molar-refractivity contribution in [2.45, 2.75) is 39.2 Å². The Morgan fingerprint density at radius 2 is 2.10 bits per heavy atom. The summed E-state index contributed by atoms with van der Waals surface area (Å²) in [5.74, 6) is 0. The van der Waals surface area contributed by atoms with Gasteiger partial charge in [0.15, 0.2) is 0 Å². The largest absolute Gasteiger partial charge is 0.379 e. The van der Waals surface area contributed by atoms with Crippen LogP contribution in [-0.2, 0) is 26.4 Å². The van der Waals surface area contributed by atoms with Crippen LogP contribution < -0.4 is 5.32 Å². The molecule has 1 aliphatic carbocycles. The number of aromatic nitrogens is 2. The highest BCUT2D eigenvalue weighted by Gasteiger charge is 2.14. The summed E-state index contributed by atoms with van der Waals surface area (Å²) >= 11 is 3.63. The molecule has 0 aliphatic heterocycles. The van der Waals surface area contributed by atoms with Crippen molar-refractivity contribution >= 4 is 21.6 Å². The molecule has 0 unspecified atom stereocenters. The molecule has 0 radical (unpaired) electrons. The predicted octanol–water partition coefficient (Wildman–Crippen LogP) is 3.98. The smallest absolute Gasteiger partial charge is 0.0739 e. The average molecular weight is 334 g/mol. The molecule has 4 heteroatoms. The topological polar surface area (TPSA) is 29.9 Å². The van der Waals surface area contributed by atoms with Crippen LogP contribution in [-0.4, -0.2) is 9.78 Å². The number of rotatable bonds is 3. The molecule has 0 amide bonds. The van der Waals surface area contributed by atoms with E-state index < -0.39 is 0 Å². The predicted molar refractivity (Wildman–Crippen MR) is 86.1 cm³/mol.